The number of carbonyl (C=O) groups excluding carboxylic acids is 1. The molecule has 37 heavy (non-hydrogen) atoms. The lowest BCUT2D eigenvalue weighted by atomic mass is 9.93. The van der Waals surface area contributed by atoms with Crippen LogP contribution < -0.4 is 9.62 Å². The fraction of sp³-hybridized carbons (Fsp3) is 0.591. The third-order valence-electron chi connectivity index (χ3n) is 5.36. The number of nitrogens with one attached hydrogen (secondary N) is 1. The number of ether oxygens (including phenoxy) is 1. The van der Waals surface area contributed by atoms with Gasteiger partial charge < -0.3 is 9.64 Å². The van der Waals surface area contributed by atoms with Gasteiger partial charge in [-0.3, -0.25) is 4.72 Å². The third-order valence-corrected chi connectivity index (χ3v) is 7.38. The predicted molar refractivity (Wildman–Crippen MR) is 135 cm³/mol. The summed E-state index contributed by atoms with van der Waals surface area (Å²) in [6.45, 7) is 9.74. The van der Waals surface area contributed by atoms with E-state index in [1.807, 2.05) is 18.6 Å². The van der Waals surface area contributed by atoms with Crippen LogP contribution in [0.2, 0.25) is 0 Å². The Kier molecular flexibility index (Phi) is 8.47. The van der Waals surface area contributed by atoms with E-state index in [1.54, 1.807) is 26.8 Å². The number of halogens is 3. The molecule has 0 spiro atoms. The van der Waals surface area contributed by atoms with Crippen molar-refractivity contribution < 1.29 is 31.1 Å². The van der Waals surface area contributed by atoms with Gasteiger partial charge in [0, 0.05) is 18.3 Å². The molecule has 0 bridgehead atoms. The zero-order valence-electron chi connectivity index (χ0n) is 21.1. The number of benzene rings is 1. The van der Waals surface area contributed by atoms with Crippen LogP contribution in [0.25, 0.3) is 0 Å². The van der Waals surface area contributed by atoms with E-state index in [0.29, 0.717) is 13.0 Å². The number of alkyl halides is 3. The molecule has 1 unspecified atom stereocenters. The molecule has 0 radical (unpaired) electrons. The van der Waals surface area contributed by atoms with Crippen molar-refractivity contribution in [1.29, 1.82) is 0 Å². The van der Waals surface area contributed by atoms with Crippen LogP contribution >= 0.6 is 11.3 Å². The second kappa shape index (κ2) is 10.9. The molecule has 0 aliphatic carbocycles. The highest BCUT2D eigenvalue weighted by Crippen LogP contribution is 2.40. The number of fused-ring (bicyclic) bond motifs is 1. The minimum atomic E-state index is -4.92. The van der Waals surface area contributed by atoms with Crippen LogP contribution in [0.1, 0.15) is 62.8 Å². The number of rotatable bonds is 8. The summed E-state index contributed by atoms with van der Waals surface area (Å²) in [6.07, 6.45) is -2.51. The third kappa shape index (κ3) is 7.84. The lowest BCUT2D eigenvalue weighted by molar-refractivity contribution is -0.106. The fourth-order valence-electron chi connectivity index (χ4n) is 3.96. The molecule has 204 valence electrons. The van der Waals surface area contributed by atoms with Crippen LogP contribution in [-0.4, -0.2) is 54.7 Å². The van der Waals surface area contributed by atoms with Crippen LogP contribution in [0.5, 0.6) is 0 Å². The molecular weight excluding hydrogens is 533 g/mol. The molecule has 1 atom stereocenters. The molecule has 2 heterocycles. The van der Waals surface area contributed by atoms with Crippen molar-refractivity contribution in [1.82, 2.24) is 10.2 Å². The van der Waals surface area contributed by atoms with Gasteiger partial charge >= 0.3 is 12.1 Å². The fourth-order valence-corrected chi connectivity index (χ4v) is 5.50. The number of hydrogen-bond acceptors (Lipinski definition) is 10. The number of nitrogens with zero attached hydrogens (tertiary/aromatic N) is 5. The molecule has 1 aliphatic rings. The van der Waals surface area contributed by atoms with Gasteiger partial charge in [0.25, 0.3) is 5.13 Å². The molecule has 2 aromatic rings. The molecule has 0 saturated carbocycles. The molecule has 10 nitrogen and oxygen atoms in total. The van der Waals surface area contributed by atoms with Gasteiger partial charge in [-0.25, -0.2) is 13.2 Å². The minimum absolute atomic E-state index is 0.0103. The maximum atomic E-state index is 12.9. The highest BCUT2D eigenvalue weighted by molar-refractivity contribution is 7.92. The Labute approximate surface area is 217 Å². The van der Waals surface area contributed by atoms with Gasteiger partial charge in [-0.1, -0.05) is 18.3 Å². The summed E-state index contributed by atoms with van der Waals surface area (Å²) < 4.78 is 70.4. The standard InChI is InChI=1S/C22H29F3N6O4S2/c1-6-14-9-8-13-10-15(26-28-20-29-27-18(36-20)19(32)35-21(3,4)5)16(11-17(13)31(14)7-2)30-37(33,34)12-22(23,24)25/h10-11,14,30H,6-9,12H2,1-5H3. The van der Waals surface area contributed by atoms with E-state index in [4.69, 9.17) is 4.74 Å². The first kappa shape index (κ1) is 28.8. The zero-order chi connectivity index (χ0) is 27.6. The molecule has 0 amide bonds. The largest absolute Gasteiger partial charge is 0.455 e. The summed E-state index contributed by atoms with van der Waals surface area (Å²) in [5, 5.41) is 15.5. The van der Waals surface area contributed by atoms with Gasteiger partial charge in [-0.2, -0.15) is 13.2 Å². The monoisotopic (exact) mass is 562 g/mol. The first-order valence-corrected chi connectivity index (χ1v) is 14.1. The molecule has 0 saturated heterocycles. The SMILES string of the molecule is CCC1CCc2cc(N=Nc3nnc(C(=O)OC(C)(C)C)s3)c(NS(=O)(=O)CC(F)(F)F)cc2N1CC. The summed E-state index contributed by atoms with van der Waals surface area (Å²) >= 11 is 0.811. The van der Waals surface area contributed by atoms with Crippen molar-refractivity contribution >= 4 is 49.5 Å². The Morgan fingerprint density at radius 1 is 1.22 bits per heavy atom. The van der Waals surface area contributed by atoms with Gasteiger partial charge in [0.15, 0.2) is 5.75 Å². The van der Waals surface area contributed by atoms with Crippen LogP contribution in [0.3, 0.4) is 0 Å². The first-order chi connectivity index (χ1) is 17.1. The Hall–Kier alpha value is -2.81. The van der Waals surface area contributed by atoms with E-state index in [1.165, 1.54) is 6.07 Å². The van der Waals surface area contributed by atoms with E-state index in [-0.39, 0.29) is 27.6 Å². The number of aryl methyl sites for hydroxylation is 1. The van der Waals surface area contributed by atoms with E-state index >= 15 is 0 Å². The van der Waals surface area contributed by atoms with Crippen molar-refractivity contribution in [2.24, 2.45) is 10.2 Å². The van der Waals surface area contributed by atoms with Crippen LogP contribution in [-0.2, 0) is 21.2 Å². The van der Waals surface area contributed by atoms with Crippen molar-refractivity contribution in [3.05, 3.63) is 22.7 Å². The van der Waals surface area contributed by atoms with Crippen molar-refractivity contribution in [3.8, 4) is 0 Å². The molecule has 15 heteroatoms. The highest BCUT2D eigenvalue weighted by Gasteiger charge is 2.36. The number of esters is 1. The van der Waals surface area contributed by atoms with Crippen LogP contribution in [0.4, 0.5) is 35.4 Å². The molecule has 0 fully saturated rings. The molecule has 1 aromatic heterocycles. The van der Waals surface area contributed by atoms with E-state index in [2.05, 4.69) is 25.3 Å². The van der Waals surface area contributed by atoms with Gasteiger partial charge in [0.05, 0.1) is 5.69 Å². The van der Waals surface area contributed by atoms with Gasteiger partial charge in [-0.05, 0) is 64.7 Å². The van der Waals surface area contributed by atoms with Crippen LogP contribution in [0.15, 0.2) is 22.4 Å². The second-order valence-corrected chi connectivity index (χ2v) is 12.1. The average molecular weight is 563 g/mol. The normalized spacial score (nSPS) is 16.6. The summed E-state index contributed by atoms with van der Waals surface area (Å²) in [7, 11) is -4.77. The summed E-state index contributed by atoms with van der Waals surface area (Å²) in [4.78, 5) is 14.3. The van der Waals surface area contributed by atoms with Gasteiger partial charge in [0.1, 0.15) is 11.3 Å². The molecule has 1 aliphatic heterocycles. The molecule has 1 aromatic carbocycles. The topological polar surface area (TPSA) is 126 Å². The summed E-state index contributed by atoms with van der Waals surface area (Å²) in [6, 6.07) is 3.32. The number of carbonyl (C=O) groups is 1. The number of hydrogen-bond donors (Lipinski definition) is 1. The molecule has 3 rings (SSSR count). The molecule has 1 N–H and O–H groups in total. The summed E-state index contributed by atoms with van der Waals surface area (Å²) in [5.74, 6) is -2.73. The lowest BCUT2D eigenvalue weighted by Crippen LogP contribution is -2.38. The van der Waals surface area contributed by atoms with Crippen molar-refractivity contribution in [2.45, 2.75) is 71.7 Å². The van der Waals surface area contributed by atoms with Gasteiger partial charge in [0.2, 0.25) is 15.0 Å². The van der Waals surface area contributed by atoms with Crippen molar-refractivity contribution in [2.75, 3.05) is 21.9 Å². The maximum Gasteiger partial charge on any atom is 0.404 e. The lowest BCUT2D eigenvalue weighted by Gasteiger charge is -2.38. The van der Waals surface area contributed by atoms with Gasteiger partial charge in [-0.15, -0.1) is 20.4 Å². The van der Waals surface area contributed by atoms with E-state index in [0.717, 1.165) is 35.4 Å². The first-order valence-electron chi connectivity index (χ1n) is 11.6. The Morgan fingerprint density at radius 2 is 1.92 bits per heavy atom. The maximum absolute atomic E-state index is 12.9. The number of aromatic nitrogens is 2. The number of azo groups is 1. The Morgan fingerprint density at radius 3 is 2.51 bits per heavy atom. The smallest absolute Gasteiger partial charge is 0.404 e. The quantitative estimate of drug-likeness (QED) is 0.320. The highest BCUT2D eigenvalue weighted by atomic mass is 32.2. The second-order valence-electron chi connectivity index (χ2n) is 9.45. The average Bonchev–Trinajstić information content (AvgIpc) is 3.23. The van der Waals surface area contributed by atoms with Crippen LogP contribution in [0, 0.1) is 0 Å². The number of anilines is 2. The Bertz CT molecular complexity index is 1270. The number of sulfonamides is 1. The zero-order valence-corrected chi connectivity index (χ0v) is 22.7. The van der Waals surface area contributed by atoms with E-state index in [9.17, 15) is 26.4 Å². The summed E-state index contributed by atoms with van der Waals surface area (Å²) in [5.41, 5.74) is 0.737. The minimum Gasteiger partial charge on any atom is -0.455 e. The predicted octanol–water partition coefficient (Wildman–Crippen LogP) is 5.76. The molecular formula is C22H29F3N6O4S2. The van der Waals surface area contributed by atoms with Crippen molar-refractivity contribution in [3.63, 3.8) is 0 Å². The van der Waals surface area contributed by atoms with E-state index < -0.39 is 33.5 Å². The Balaban J connectivity index is 1.99.